The Kier molecular flexibility index (Phi) is 4.54. The molecule has 1 unspecified atom stereocenters. The van der Waals surface area contributed by atoms with Crippen LogP contribution in [0.1, 0.15) is 38.6 Å². The van der Waals surface area contributed by atoms with Crippen LogP contribution < -0.4 is 5.32 Å². The smallest absolute Gasteiger partial charge is 0.252 e. The van der Waals surface area contributed by atoms with Gasteiger partial charge in [-0.3, -0.25) is 0 Å². The van der Waals surface area contributed by atoms with Crippen molar-refractivity contribution in [1.82, 2.24) is 15.5 Å². The van der Waals surface area contributed by atoms with E-state index >= 15 is 0 Å². The van der Waals surface area contributed by atoms with E-state index in [1.807, 2.05) is 0 Å². The predicted octanol–water partition coefficient (Wildman–Crippen LogP) is 3.54. The molecule has 18 heavy (non-hydrogen) atoms. The van der Waals surface area contributed by atoms with Crippen LogP contribution in [-0.2, 0) is 0 Å². The zero-order valence-electron chi connectivity index (χ0n) is 10.4. The molecule has 0 saturated carbocycles. The van der Waals surface area contributed by atoms with Crippen LogP contribution in [0.5, 0.6) is 0 Å². The minimum atomic E-state index is 0.108. The summed E-state index contributed by atoms with van der Waals surface area (Å²) in [5.41, 5.74) is 0.777. The molecule has 0 aliphatic carbocycles. The van der Waals surface area contributed by atoms with E-state index in [1.165, 1.54) is 0 Å². The molecule has 5 nitrogen and oxygen atoms in total. The fourth-order valence-corrected chi connectivity index (χ4v) is 2.06. The lowest BCUT2D eigenvalue weighted by Crippen LogP contribution is -2.21. The van der Waals surface area contributed by atoms with Crippen LogP contribution in [0.4, 0.5) is 0 Å². The second kappa shape index (κ2) is 6.15. The van der Waals surface area contributed by atoms with Crippen molar-refractivity contribution in [2.45, 2.75) is 32.7 Å². The van der Waals surface area contributed by atoms with Gasteiger partial charge in [0.15, 0.2) is 4.67 Å². The number of rotatable bonds is 6. The number of hydrogen-bond donors (Lipinski definition) is 1. The van der Waals surface area contributed by atoms with E-state index in [0.29, 0.717) is 16.5 Å². The largest absolute Gasteiger partial charge is 0.457 e. The van der Waals surface area contributed by atoms with Gasteiger partial charge in [0.2, 0.25) is 5.89 Å². The number of aromatic nitrogens is 2. The minimum Gasteiger partial charge on any atom is -0.457 e. The average molecular weight is 314 g/mol. The van der Waals surface area contributed by atoms with Gasteiger partial charge in [0.25, 0.3) is 5.89 Å². The summed E-state index contributed by atoms with van der Waals surface area (Å²) in [7, 11) is 0. The Morgan fingerprint density at radius 2 is 2.22 bits per heavy atom. The molecule has 0 aliphatic heterocycles. The van der Waals surface area contributed by atoms with Gasteiger partial charge in [0, 0.05) is 0 Å². The van der Waals surface area contributed by atoms with Crippen molar-refractivity contribution < 1.29 is 8.83 Å². The van der Waals surface area contributed by atoms with Gasteiger partial charge in [-0.15, -0.1) is 10.2 Å². The zero-order valence-corrected chi connectivity index (χ0v) is 12.0. The second-order valence-electron chi connectivity index (χ2n) is 3.97. The highest BCUT2D eigenvalue weighted by Gasteiger charge is 2.18. The standard InChI is InChI=1S/C12H16BrN3O2/c1-3-6-14-9(4-2)12-16-15-11(18-12)8-5-7-17-10(8)13/h5,7,9,14H,3-4,6H2,1-2H3. The van der Waals surface area contributed by atoms with Gasteiger partial charge >= 0.3 is 0 Å². The number of hydrogen-bond acceptors (Lipinski definition) is 5. The second-order valence-corrected chi connectivity index (χ2v) is 4.69. The third-order valence-electron chi connectivity index (χ3n) is 2.64. The van der Waals surface area contributed by atoms with Crippen molar-refractivity contribution in [2.75, 3.05) is 6.54 Å². The quantitative estimate of drug-likeness (QED) is 0.883. The van der Waals surface area contributed by atoms with Gasteiger partial charge in [-0.2, -0.15) is 0 Å². The summed E-state index contributed by atoms with van der Waals surface area (Å²) < 4.78 is 11.4. The number of halogens is 1. The summed E-state index contributed by atoms with van der Waals surface area (Å²) in [4.78, 5) is 0. The Hall–Kier alpha value is -1.14. The Balaban J connectivity index is 2.16. The maximum atomic E-state index is 5.68. The summed E-state index contributed by atoms with van der Waals surface area (Å²) in [6.45, 7) is 5.15. The molecule has 2 rings (SSSR count). The Bertz CT molecular complexity index is 495. The van der Waals surface area contributed by atoms with E-state index in [-0.39, 0.29) is 6.04 Å². The molecule has 1 N–H and O–H groups in total. The summed E-state index contributed by atoms with van der Waals surface area (Å²) >= 11 is 3.30. The topological polar surface area (TPSA) is 64.1 Å². The third-order valence-corrected chi connectivity index (χ3v) is 3.25. The van der Waals surface area contributed by atoms with Crippen molar-refractivity contribution in [1.29, 1.82) is 0 Å². The maximum Gasteiger partial charge on any atom is 0.252 e. The summed E-state index contributed by atoms with van der Waals surface area (Å²) in [5, 5.41) is 11.5. The monoisotopic (exact) mass is 313 g/mol. The fourth-order valence-electron chi connectivity index (χ4n) is 1.66. The van der Waals surface area contributed by atoms with Gasteiger partial charge in [0.1, 0.15) is 0 Å². The Morgan fingerprint density at radius 3 is 2.83 bits per heavy atom. The van der Waals surface area contributed by atoms with Crippen molar-refractivity contribution in [2.24, 2.45) is 0 Å². The number of furan rings is 1. The molecule has 2 aromatic heterocycles. The molecule has 1 atom stereocenters. The highest BCUT2D eigenvalue weighted by atomic mass is 79.9. The molecular weight excluding hydrogens is 298 g/mol. The highest BCUT2D eigenvalue weighted by Crippen LogP contribution is 2.29. The van der Waals surface area contributed by atoms with Crippen molar-refractivity contribution in [3.05, 3.63) is 22.9 Å². The summed E-state index contributed by atoms with van der Waals surface area (Å²) in [5.74, 6) is 1.09. The van der Waals surface area contributed by atoms with Gasteiger partial charge in [-0.05, 0) is 41.4 Å². The SMILES string of the molecule is CCCNC(CC)c1nnc(-c2ccoc2Br)o1. The maximum absolute atomic E-state index is 5.68. The molecule has 0 bridgehead atoms. The third kappa shape index (κ3) is 2.81. The van der Waals surface area contributed by atoms with Crippen LogP contribution in [0.2, 0.25) is 0 Å². The van der Waals surface area contributed by atoms with Crippen LogP contribution >= 0.6 is 15.9 Å². The first kappa shape index (κ1) is 13.3. The molecule has 6 heteroatoms. The van der Waals surface area contributed by atoms with Gasteiger partial charge in [-0.1, -0.05) is 13.8 Å². The van der Waals surface area contributed by atoms with Gasteiger partial charge < -0.3 is 14.2 Å². The first-order chi connectivity index (χ1) is 8.76. The molecule has 2 aromatic rings. The van der Waals surface area contributed by atoms with E-state index in [1.54, 1.807) is 12.3 Å². The van der Waals surface area contributed by atoms with E-state index < -0.39 is 0 Å². The summed E-state index contributed by atoms with van der Waals surface area (Å²) in [6.07, 6.45) is 3.56. The number of nitrogens with one attached hydrogen (secondary N) is 1. The average Bonchev–Trinajstić information content (AvgIpc) is 2.99. The van der Waals surface area contributed by atoms with E-state index in [2.05, 4.69) is 45.3 Å². The predicted molar refractivity (Wildman–Crippen MR) is 71.0 cm³/mol. The molecule has 0 amide bonds. The Labute approximate surface area is 114 Å². The molecule has 2 heterocycles. The summed E-state index contributed by atoms with van der Waals surface area (Å²) in [6, 6.07) is 1.90. The van der Waals surface area contributed by atoms with Crippen LogP contribution in [0.15, 0.2) is 25.8 Å². The van der Waals surface area contributed by atoms with E-state index in [4.69, 9.17) is 8.83 Å². The zero-order chi connectivity index (χ0) is 13.0. The normalized spacial score (nSPS) is 12.8. The van der Waals surface area contributed by atoms with Gasteiger partial charge in [-0.25, -0.2) is 0 Å². The van der Waals surface area contributed by atoms with E-state index in [9.17, 15) is 0 Å². The minimum absolute atomic E-state index is 0.108. The van der Waals surface area contributed by atoms with Crippen LogP contribution in [0.3, 0.4) is 0 Å². The van der Waals surface area contributed by atoms with Crippen molar-refractivity contribution >= 4 is 15.9 Å². The highest BCUT2D eigenvalue weighted by molar-refractivity contribution is 9.10. The Morgan fingerprint density at radius 1 is 1.39 bits per heavy atom. The van der Waals surface area contributed by atoms with Gasteiger partial charge in [0.05, 0.1) is 17.9 Å². The first-order valence-corrected chi connectivity index (χ1v) is 6.85. The molecule has 0 spiro atoms. The molecule has 0 fully saturated rings. The molecule has 0 aliphatic rings. The molecule has 0 aromatic carbocycles. The molecule has 98 valence electrons. The fraction of sp³-hybridized carbons (Fsp3) is 0.500. The van der Waals surface area contributed by atoms with Crippen molar-refractivity contribution in [3.8, 4) is 11.5 Å². The van der Waals surface area contributed by atoms with Crippen LogP contribution in [0.25, 0.3) is 11.5 Å². The van der Waals surface area contributed by atoms with Crippen molar-refractivity contribution in [3.63, 3.8) is 0 Å². The first-order valence-electron chi connectivity index (χ1n) is 6.06. The molecule has 0 saturated heterocycles. The number of nitrogens with zero attached hydrogens (tertiary/aromatic N) is 2. The molecular formula is C12H16BrN3O2. The van der Waals surface area contributed by atoms with Crippen LogP contribution in [0, 0.1) is 0 Å². The van der Waals surface area contributed by atoms with Crippen LogP contribution in [-0.4, -0.2) is 16.7 Å². The van der Waals surface area contributed by atoms with E-state index in [0.717, 1.165) is 24.9 Å². The lowest BCUT2D eigenvalue weighted by atomic mass is 10.2. The lowest BCUT2D eigenvalue weighted by Gasteiger charge is -2.11. The lowest BCUT2D eigenvalue weighted by molar-refractivity contribution is 0.396. The molecule has 0 radical (unpaired) electrons.